The average Bonchev–Trinajstić information content (AvgIpc) is 0.992. The van der Waals surface area contributed by atoms with Crippen molar-refractivity contribution in [2.75, 3.05) is 17.3 Å². The Kier molecular flexibility index (Phi) is 168. The molecule has 0 aliphatic carbocycles. The van der Waals surface area contributed by atoms with Gasteiger partial charge in [0.25, 0.3) is 0 Å². The molecule has 0 aliphatic rings. The van der Waals surface area contributed by atoms with Gasteiger partial charge in [-0.05, 0) is 199 Å². The summed E-state index contributed by atoms with van der Waals surface area (Å²) in [4.78, 5) is 176. The molecule has 15 atom stereocenters. The molecule has 0 aromatic carbocycles. The van der Waals surface area contributed by atoms with E-state index >= 15 is 0 Å². The van der Waals surface area contributed by atoms with E-state index in [-0.39, 0.29) is 167 Å². The van der Waals surface area contributed by atoms with Crippen LogP contribution in [0.3, 0.4) is 0 Å². The maximum Gasteiger partial charge on any atom is 0.142 e. The molecule has 0 bridgehead atoms. The molecule has 15 unspecified atom stereocenters. The molecule has 0 aliphatic heterocycles. The van der Waals surface area contributed by atoms with Crippen molar-refractivity contribution in [1.29, 1.82) is 0 Å². The molecule has 0 N–H and O–H groups in total. The molecule has 0 heterocycles. The Hall–Kier alpha value is 0.340. The normalized spacial score (nSPS) is 13.1. The fraction of sp³-hybridized carbons (Fsp3) is 0.843. The summed E-state index contributed by atoms with van der Waals surface area (Å²) < 4.78 is -0.133. The van der Waals surface area contributed by atoms with E-state index in [1.165, 1.54) is 104 Å². The second-order valence-electron chi connectivity index (χ2n) is 37.6. The molecule has 0 saturated carbocycles. The molecule has 142 heavy (non-hydrogen) atoms. The summed E-state index contributed by atoms with van der Waals surface area (Å²) in [6.07, 6.45) is 33.5. The van der Waals surface area contributed by atoms with Crippen molar-refractivity contribution in [3.05, 3.63) is 0 Å². The Balaban J connectivity index is -0.0000000783. The zero-order chi connectivity index (χ0) is 116. The summed E-state index contributed by atoms with van der Waals surface area (Å²) in [6, 6.07) is 0. The summed E-state index contributed by atoms with van der Waals surface area (Å²) in [5.74, 6) is 6.53. The lowest BCUT2D eigenvalue weighted by atomic mass is 10.1. The van der Waals surface area contributed by atoms with E-state index in [0.717, 1.165) is 57.8 Å². The maximum absolute atomic E-state index is 10.7. The van der Waals surface area contributed by atoms with Gasteiger partial charge in [-0.2, -0.15) is 215 Å². The first-order chi connectivity index (χ1) is 64.8. The number of thiol groups is 17. The van der Waals surface area contributed by atoms with Gasteiger partial charge in [0.15, 0.2) is 0 Å². The lowest BCUT2D eigenvalue weighted by Crippen LogP contribution is -2.15. The molecule has 852 valence electrons. The SMILES string of the molecule is CC(=O)C(C)C(C)S.CC(=O)C(C)CS.CC(=O)C(C)S.CC(=O)C(S)CC(C)C.CC(=O)CC(C)(C)S.CC(=O)CC(C)S.CC(=O)CC(C)S.CC(=O)CC(S)C(C)C.CC(=O)CCS.CC(=O)CS.CCC(S)C(C)=O.CCC(S)CC(C)=O.CCCC(S)CC(C)=O.CCCCC(S)CC(C)=O.CCCCCC(S)CC(C)=O.CCCCCCC(S)CC(C)=O.CCCCCCCC(S)CC(C)=O. The van der Waals surface area contributed by atoms with E-state index < -0.39 is 0 Å². The van der Waals surface area contributed by atoms with E-state index in [1.807, 2.05) is 62.3 Å². The topological polar surface area (TPSA) is 290 Å². The van der Waals surface area contributed by atoms with Crippen molar-refractivity contribution in [1.82, 2.24) is 0 Å². The number of ketones is 17. The summed E-state index contributed by atoms with van der Waals surface area (Å²) in [6.45, 7) is 65.2. The van der Waals surface area contributed by atoms with Gasteiger partial charge in [-0.1, -0.05) is 221 Å². The van der Waals surface area contributed by atoms with Crippen molar-refractivity contribution in [2.24, 2.45) is 23.7 Å². The standard InChI is InChI=1S/C11H22OS.C10H20OS.C9H18OS.C8H16OS.3C7H14OS.3C6H12OS.4C5H10OS.2C4H8OS.C3H6OS/c1-3-4-5-6-7-8-11(13)9-10(2)12;1-3-4-5-6-7-10(12)8-9(2)11;1-3-4-5-6-9(11)7-8(2)10;1-3-4-5-8(10)6-7(2)9;1-5(2)7(9)4-6(3)8;1-5(2)4-7(9)6(3)8;1-3-4-7(9)5-6(2)8;1-5(7)4-6(2,3)8;1-4(5(2)7)6(3)8;1-3-6(8)4-5(2)7;1-4(3-7)5(2)6;2*1-4(6)3-5(2)7;1-3-5(7)4(2)6;1-4(5)2-3-6;1-3(5)4(2)6;1-3(4)2-5/h11,13H,3-9H2,1-2H3;10,12H,3-8H2,1-2H3;9,11H,3-7H2,1-2H3;8,10H,3-6H2,1-2H3;2*5,7,9H,4H2,1-3H3;7,9H,3-5H2,1-2H3;8H,4H2,1-3H3;4,6,8H,1-3H3;6,8H,3-4H2,1-2H3;4,7H,3H2,1-2H3;3*5,7H,3H2,1-2H3;6H,2-3H2,1H3;4,6H,1-2H3;5H,2H2,1H3. The highest BCUT2D eigenvalue weighted by Crippen LogP contribution is 2.20. The molecule has 0 aromatic rings. The van der Waals surface area contributed by atoms with Crippen LogP contribution in [0.25, 0.3) is 0 Å². The van der Waals surface area contributed by atoms with Gasteiger partial charge in [-0.15, -0.1) is 0 Å². The highest BCUT2D eigenvalue weighted by Gasteiger charge is 2.16. The van der Waals surface area contributed by atoms with E-state index in [2.05, 4.69) is 277 Å². The Labute approximate surface area is 966 Å². The van der Waals surface area contributed by atoms with Gasteiger partial charge in [0, 0.05) is 145 Å². The van der Waals surface area contributed by atoms with Crippen molar-refractivity contribution in [3.63, 3.8) is 0 Å². The molecular formula is C108H216O17S17. The number of carbonyl (C=O) groups excluding carboxylic acids is 17. The van der Waals surface area contributed by atoms with E-state index in [9.17, 15) is 81.5 Å². The second-order valence-corrected chi connectivity index (χ2v) is 49.6. The van der Waals surface area contributed by atoms with Crippen LogP contribution in [0.15, 0.2) is 0 Å². The molecule has 34 heteroatoms. The summed E-state index contributed by atoms with van der Waals surface area (Å²) in [5.41, 5.74) is 0. The quantitative estimate of drug-likeness (QED) is 0.0199. The summed E-state index contributed by atoms with van der Waals surface area (Å²) >= 11 is 69.6. The van der Waals surface area contributed by atoms with Crippen LogP contribution in [0.4, 0.5) is 0 Å². The second kappa shape index (κ2) is 132. The first-order valence-electron chi connectivity index (χ1n) is 50.7. The van der Waals surface area contributed by atoms with Gasteiger partial charge in [0.1, 0.15) is 98.3 Å². The van der Waals surface area contributed by atoms with Crippen LogP contribution in [-0.2, 0) is 81.5 Å². The minimum absolute atomic E-state index is 0.0417. The molecule has 0 rings (SSSR count). The third-order valence-corrected chi connectivity index (χ3v) is 25.4. The van der Waals surface area contributed by atoms with Crippen LogP contribution in [0.2, 0.25) is 0 Å². The molecule has 0 aromatic heterocycles. The van der Waals surface area contributed by atoms with Crippen LogP contribution in [-0.4, -0.2) is 189 Å². The predicted octanol–water partition coefficient (Wildman–Crippen LogP) is 30.2. The van der Waals surface area contributed by atoms with E-state index in [0.29, 0.717) is 115 Å². The molecule has 0 spiro atoms. The van der Waals surface area contributed by atoms with E-state index in [1.54, 1.807) is 111 Å². The monoisotopic (exact) mass is 2330 g/mol. The Bertz CT molecular complexity index is 3000. The lowest BCUT2D eigenvalue weighted by Gasteiger charge is -2.13. The molecule has 17 nitrogen and oxygen atoms in total. The van der Waals surface area contributed by atoms with Gasteiger partial charge in [-0.3, -0.25) is 81.5 Å². The van der Waals surface area contributed by atoms with Crippen LogP contribution >= 0.6 is 215 Å². The zero-order valence-electron chi connectivity index (χ0n) is 95.5. The average molecular weight is 2330 g/mol. The third-order valence-electron chi connectivity index (χ3n) is 18.0. The first-order valence-corrected chi connectivity index (χ1v) is 59.7. The summed E-state index contributed by atoms with van der Waals surface area (Å²) in [7, 11) is 0. The van der Waals surface area contributed by atoms with Crippen LogP contribution in [0.5, 0.6) is 0 Å². The summed E-state index contributed by atoms with van der Waals surface area (Å²) in [5, 5.41) is 2.40. The fourth-order valence-corrected chi connectivity index (χ4v) is 14.1. The molecular weight excluding hydrogens is 2110 g/mol. The molecule has 0 radical (unpaired) electrons. The van der Waals surface area contributed by atoms with Crippen molar-refractivity contribution in [2.45, 2.75) is 541 Å². The van der Waals surface area contributed by atoms with Gasteiger partial charge in [0.05, 0.1) is 15.7 Å². The van der Waals surface area contributed by atoms with Gasteiger partial charge in [-0.25, -0.2) is 0 Å². The smallest absolute Gasteiger partial charge is 0.142 e. The highest BCUT2D eigenvalue weighted by atomic mass is 32.1. The van der Waals surface area contributed by atoms with Crippen LogP contribution < -0.4 is 0 Å². The van der Waals surface area contributed by atoms with Gasteiger partial charge < -0.3 is 0 Å². The van der Waals surface area contributed by atoms with Crippen molar-refractivity contribution < 1.29 is 81.5 Å². The van der Waals surface area contributed by atoms with Crippen LogP contribution in [0, 0.1) is 23.7 Å². The molecule has 0 saturated heterocycles. The van der Waals surface area contributed by atoms with E-state index in [4.69, 9.17) is 0 Å². The number of Topliss-reactive ketones (excluding diaryl/α,β-unsaturated/α-hetero) is 17. The number of hydrogen-bond acceptors (Lipinski definition) is 34. The fourth-order valence-electron chi connectivity index (χ4n) is 9.34. The third kappa shape index (κ3) is 228. The Morgan fingerprint density at radius 2 is 0.542 bits per heavy atom. The Morgan fingerprint density at radius 1 is 0.275 bits per heavy atom. The molecule has 0 amide bonds. The van der Waals surface area contributed by atoms with Crippen molar-refractivity contribution in [3.8, 4) is 0 Å². The number of carbonyl (C=O) groups is 17. The largest absolute Gasteiger partial charge is 0.300 e. The number of rotatable bonds is 55. The minimum Gasteiger partial charge on any atom is -0.300 e. The zero-order valence-corrected chi connectivity index (χ0v) is 111. The molecule has 0 fully saturated rings. The predicted molar refractivity (Wildman–Crippen MR) is 680 cm³/mol. The van der Waals surface area contributed by atoms with Crippen LogP contribution in [0.1, 0.15) is 468 Å². The number of unbranched alkanes of at least 4 members (excludes halogenated alkanes) is 10. The highest BCUT2D eigenvalue weighted by molar-refractivity contribution is 7.84. The minimum atomic E-state index is -0.133. The van der Waals surface area contributed by atoms with Gasteiger partial charge >= 0.3 is 0 Å². The maximum atomic E-state index is 10.7. The lowest BCUT2D eigenvalue weighted by molar-refractivity contribution is -0.120. The van der Waals surface area contributed by atoms with Gasteiger partial charge in [0.2, 0.25) is 0 Å². The van der Waals surface area contributed by atoms with Crippen molar-refractivity contribution >= 4 is 313 Å². The Morgan fingerprint density at radius 3 is 0.662 bits per heavy atom. The first kappa shape index (κ1) is 181. The number of hydrogen-bond donors (Lipinski definition) is 17.